The van der Waals surface area contributed by atoms with E-state index in [2.05, 4.69) is 10.0 Å². The van der Waals surface area contributed by atoms with Crippen LogP contribution < -0.4 is 0 Å². The van der Waals surface area contributed by atoms with Crippen molar-refractivity contribution in [1.82, 2.24) is 0 Å². The molecule has 0 atom stereocenters. The van der Waals surface area contributed by atoms with E-state index >= 15 is 0 Å². The van der Waals surface area contributed by atoms with Crippen LogP contribution in [0, 0.1) is 0 Å². The summed E-state index contributed by atoms with van der Waals surface area (Å²) >= 11 is 1.64. The zero-order valence-electron chi connectivity index (χ0n) is 6.85. The molecule has 70 valence electrons. The maximum absolute atomic E-state index is 8.42. The molecule has 0 heterocycles. The summed E-state index contributed by atoms with van der Waals surface area (Å²) in [6.45, 7) is 1.72. The van der Waals surface area contributed by atoms with E-state index in [1.807, 2.05) is 0 Å². The molecule has 0 spiro atoms. The molecule has 5 nitrogen and oxygen atoms in total. The molecule has 0 aromatic heterocycles. The minimum atomic E-state index is 0.212. The fourth-order valence-electron chi connectivity index (χ4n) is 0.537. The Hall–Kier alpha value is -0.420. The number of ether oxygens (including phenoxy) is 1. The van der Waals surface area contributed by atoms with E-state index < -0.39 is 0 Å². The molecule has 12 heavy (non-hydrogen) atoms. The predicted octanol–water partition coefficient (Wildman–Crippen LogP) is 1.04. The third kappa shape index (κ3) is 9.58. The fraction of sp³-hybridized carbons (Fsp3) is 1.00. The van der Waals surface area contributed by atoms with Crippen LogP contribution >= 0.6 is 11.8 Å². The van der Waals surface area contributed by atoms with Crippen LogP contribution in [0.3, 0.4) is 0 Å². The Morgan fingerprint density at radius 3 is 2.92 bits per heavy atom. The Bertz CT molecular complexity index is 139. The summed E-state index contributed by atoms with van der Waals surface area (Å²) in [4.78, 5) is 2.59. The molecule has 1 N–H and O–H groups in total. The summed E-state index contributed by atoms with van der Waals surface area (Å²) in [6, 6.07) is 0. The summed E-state index contributed by atoms with van der Waals surface area (Å²) in [5.41, 5.74) is 7.91. The van der Waals surface area contributed by atoms with Crippen LogP contribution in [-0.4, -0.2) is 43.0 Å². The first-order chi connectivity index (χ1) is 5.91. The third-order valence-electron chi connectivity index (χ3n) is 1.01. The molecule has 0 aromatic rings. The second-order valence-corrected chi connectivity index (χ2v) is 3.13. The summed E-state index contributed by atoms with van der Waals surface area (Å²) in [5.74, 6) is 1.62. The average molecular weight is 191 g/mol. The minimum Gasteiger partial charge on any atom is -0.396 e. The van der Waals surface area contributed by atoms with E-state index in [4.69, 9.17) is 15.4 Å². The Labute approximate surface area is 75.7 Å². The van der Waals surface area contributed by atoms with Crippen molar-refractivity contribution < 1.29 is 9.84 Å². The summed E-state index contributed by atoms with van der Waals surface area (Å²) < 4.78 is 5.11. The van der Waals surface area contributed by atoms with Crippen molar-refractivity contribution in [2.75, 3.05) is 37.9 Å². The van der Waals surface area contributed by atoms with Crippen molar-refractivity contribution in [3.8, 4) is 0 Å². The molecule has 0 amide bonds. The fourth-order valence-corrected chi connectivity index (χ4v) is 1.11. The van der Waals surface area contributed by atoms with Crippen molar-refractivity contribution in [1.29, 1.82) is 0 Å². The van der Waals surface area contributed by atoms with Crippen molar-refractivity contribution in [2.45, 2.75) is 0 Å². The lowest BCUT2D eigenvalue weighted by molar-refractivity contribution is 0.158. The highest BCUT2D eigenvalue weighted by atomic mass is 32.2. The Balaban J connectivity index is 2.86. The largest absolute Gasteiger partial charge is 0.396 e. The van der Waals surface area contributed by atoms with Crippen LogP contribution in [0.25, 0.3) is 10.4 Å². The molecule has 0 rings (SSSR count). The molecule has 0 unspecified atom stereocenters. The van der Waals surface area contributed by atoms with Crippen LogP contribution in [0.2, 0.25) is 0 Å². The molecular formula is C6H13N3O2S. The maximum atomic E-state index is 8.42. The van der Waals surface area contributed by atoms with Crippen molar-refractivity contribution in [2.24, 2.45) is 5.11 Å². The first kappa shape index (κ1) is 11.6. The first-order valence-corrected chi connectivity index (χ1v) is 4.84. The van der Waals surface area contributed by atoms with Gasteiger partial charge in [0, 0.05) is 23.0 Å². The quantitative estimate of drug-likeness (QED) is 0.269. The lowest BCUT2D eigenvalue weighted by Gasteiger charge is -2.00. The van der Waals surface area contributed by atoms with Crippen LogP contribution in [0.4, 0.5) is 0 Å². The molecular weight excluding hydrogens is 178 g/mol. The highest BCUT2D eigenvalue weighted by Gasteiger charge is 1.88. The van der Waals surface area contributed by atoms with Gasteiger partial charge >= 0.3 is 0 Å². The van der Waals surface area contributed by atoms with Gasteiger partial charge in [0.2, 0.25) is 0 Å². The Morgan fingerprint density at radius 2 is 2.25 bits per heavy atom. The van der Waals surface area contributed by atoms with E-state index in [1.54, 1.807) is 11.8 Å². The molecule has 0 saturated carbocycles. The van der Waals surface area contributed by atoms with Crippen LogP contribution in [-0.2, 0) is 4.74 Å². The van der Waals surface area contributed by atoms with Crippen LogP contribution in [0.1, 0.15) is 0 Å². The normalized spacial score (nSPS) is 9.42. The standard InChI is InChI=1S/C6H13N3O2S/c7-9-8-1-3-11-4-6-12-5-2-10/h10H,1-6H2. The van der Waals surface area contributed by atoms with E-state index in [9.17, 15) is 0 Å². The molecule has 6 heteroatoms. The van der Waals surface area contributed by atoms with Gasteiger partial charge < -0.3 is 9.84 Å². The lowest BCUT2D eigenvalue weighted by atomic mass is 10.7. The number of nitrogens with zero attached hydrogens (tertiary/aromatic N) is 3. The number of rotatable bonds is 8. The number of hydrogen-bond donors (Lipinski definition) is 1. The third-order valence-corrected chi connectivity index (χ3v) is 1.93. The SMILES string of the molecule is [N-]=[N+]=NCCOCCSCCO. The number of aliphatic hydroxyl groups is 1. The van der Waals surface area contributed by atoms with Gasteiger partial charge in [-0.1, -0.05) is 5.11 Å². The van der Waals surface area contributed by atoms with Gasteiger partial charge in [0.15, 0.2) is 0 Å². The molecule has 0 bridgehead atoms. The molecule has 0 fully saturated rings. The minimum absolute atomic E-state index is 0.212. The monoisotopic (exact) mass is 191 g/mol. The number of thioether (sulfide) groups is 1. The van der Waals surface area contributed by atoms with Crippen LogP contribution in [0.15, 0.2) is 5.11 Å². The predicted molar refractivity (Wildman–Crippen MR) is 49.2 cm³/mol. The van der Waals surface area contributed by atoms with E-state index in [1.165, 1.54) is 0 Å². The van der Waals surface area contributed by atoms with Crippen molar-refractivity contribution in [3.63, 3.8) is 0 Å². The second-order valence-electron chi connectivity index (χ2n) is 1.90. The van der Waals surface area contributed by atoms with E-state index in [-0.39, 0.29) is 6.61 Å². The van der Waals surface area contributed by atoms with Gasteiger partial charge in [-0.2, -0.15) is 11.8 Å². The number of azide groups is 1. The van der Waals surface area contributed by atoms with Gasteiger partial charge in [0.1, 0.15) is 0 Å². The first-order valence-electron chi connectivity index (χ1n) is 3.69. The van der Waals surface area contributed by atoms with E-state index in [0.717, 1.165) is 11.5 Å². The highest BCUT2D eigenvalue weighted by Crippen LogP contribution is 1.97. The van der Waals surface area contributed by atoms with Gasteiger partial charge in [-0.3, -0.25) is 0 Å². The second kappa shape index (κ2) is 10.6. The molecule has 0 radical (unpaired) electrons. The zero-order chi connectivity index (χ0) is 9.07. The maximum Gasteiger partial charge on any atom is 0.0556 e. The van der Waals surface area contributed by atoms with Crippen molar-refractivity contribution in [3.05, 3.63) is 10.4 Å². The van der Waals surface area contributed by atoms with Gasteiger partial charge in [-0.15, -0.1) is 0 Å². The van der Waals surface area contributed by atoms with Gasteiger partial charge in [0.25, 0.3) is 0 Å². The highest BCUT2D eigenvalue weighted by molar-refractivity contribution is 7.99. The molecule has 0 saturated heterocycles. The molecule has 0 aliphatic rings. The summed E-state index contributed by atoms with van der Waals surface area (Å²) in [6.07, 6.45) is 0. The van der Waals surface area contributed by atoms with Crippen LogP contribution in [0.5, 0.6) is 0 Å². The van der Waals surface area contributed by atoms with Gasteiger partial charge in [-0.25, -0.2) is 0 Å². The molecule has 0 aliphatic carbocycles. The summed E-state index contributed by atoms with van der Waals surface area (Å²) in [7, 11) is 0. The van der Waals surface area contributed by atoms with E-state index in [0.29, 0.717) is 19.8 Å². The Kier molecular flexibility index (Phi) is 10.2. The topological polar surface area (TPSA) is 78.2 Å². The molecule has 0 aromatic carbocycles. The van der Waals surface area contributed by atoms with Gasteiger partial charge in [0.05, 0.1) is 19.8 Å². The smallest absolute Gasteiger partial charge is 0.0556 e. The van der Waals surface area contributed by atoms with Gasteiger partial charge in [-0.05, 0) is 5.53 Å². The average Bonchev–Trinajstić information content (AvgIpc) is 2.10. The summed E-state index contributed by atoms with van der Waals surface area (Å²) in [5, 5.41) is 11.7. The van der Waals surface area contributed by atoms with Crippen molar-refractivity contribution >= 4 is 11.8 Å². The molecule has 0 aliphatic heterocycles. The lowest BCUT2D eigenvalue weighted by Crippen LogP contribution is -2.02. The number of aliphatic hydroxyl groups excluding tert-OH is 1. The number of hydrogen-bond acceptors (Lipinski definition) is 4. The zero-order valence-corrected chi connectivity index (χ0v) is 7.66. The Morgan fingerprint density at radius 1 is 1.42 bits per heavy atom.